The van der Waals surface area contributed by atoms with E-state index >= 15 is 0 Å². The molecule has 5 nitrogen and oxygen atoms in total. The maximum Gasteiger partial charge on any atom is 0.417 e. The minimum Gasteiger partial charge on any atom is -0.378 e. The van der Waals surface area contributed by atoms with Gasteiger partial charge in [-0.05, 0) is 18.2 Å². The number of hydrogen-bond acceptors (Lipinski definition) is 4. The van der Waals surface area contributed by atoms with Crippen LogP contribution in [-0.2, 0) is 10.9 Å². The van der Waals surface area contributed by atoms with E-state index in [1.807, 2.05) is 4.90 Å². The number of rotatable bonds is 1. The lowest BCUT2D eigenvalue weighted by Gasteiger charge is -2.30. The summed E-state index contributed by atoms with van der Waals surface area (Å²) in [6.07, 6.45) is -4.63. The first kappa shape index (κ1) is 15.7. The van der Waals surface area contributed by atoms with Crippen molar-refractivity contribution >= 4 is 22.5 Å². The third-order valence-corrected chi connectivity index (χ3v) is 4.31. The molecule has 25 heavy (non-hydrogen) atoms. The molecule has 1 fully saturated rings. The van der Waals surface area contributed by atoms with Crippen LogP contribution in [0, 0.1) is 11.3 Å². The Labute approximate surface area is 140 Å². The Hall–Kier alpha value is -2.79. The van der Waals surface area contributed by atoms with Crippen molar-refractivity contribution in [3.05, 3.63) is 41.5 Å². The third-order valence-electron chi connectivity index (χ3n) is 4.31. The molecule has 8 heteroatoms. The summed E-state index contributed by atoms with van der Waals surface area (Å²) in [6.45, 7) is 1.83. The van der Waals surface area contributed by atoms with E-state index in [1.165, 1.54) is 0 Å². The molecule has 3 heterocycles. The van der Waals surface area contributed by atoms with Gasteiger partial charge in [0.1, 0.15) is 17.5 Å². The van der Waals surface area contributed by atoms with E-state index in [1.54, 1.807) is 34.7 Å². The van der Waals surface area contributed by atoms with Gasteiger partial charge in [-0.1, -0.05) is 12.1 Å². The van der Waals surface area contributed by atoms with Crippen LogP contribution in [0.2, 0.25) is 0 Å². The van der Waals surface area contributed by atoms with Crippen molar-refractivity contribution < 1.29 is 17.9 Å². The van der Waals surface area contributed by atoms with E-state index in [9.17, 15) is 18.4 Å². The number of para-hydroxylation sites is 2. The number of anilines is 1. The summed E-state index contributed by atoms with van der Waals surface area (Å²) in [5.74, 6) is 0.373. The monoisotopic (exact) mass is 346 g/mol. The number of hydrogen-bond donors (Lipinski definition) is 0. The summed E-state index contributed by atoms with van der Waals surface area (Å²) >= 11 is 0. The fourth-order valence-electron chi connectivity index (χ4n) is 3.17. The highest BCUT2D eigenvalue weighted by Crippen LogP contribution is 2.38. The molecule has 2 aromatic heterocycles. The Morgan fingerprint density at radius 1 is 1.16 bits per heavy atom. The van der Waals surface area contributed by atoms with Crippen LogP contribution in [0.5, 0.6) is 0 Å². The summed E-state index contributed by atoms with van der Waals surface area (Å²) in [5, 5.41) is 9.37. The van der Waals surface area contributed by atoms with Gasteiger partial charge in [0, 0.05) is 13.1 Å². The molecule has 128 valence electrons. The van der Waals surface area contributed by atoms with Gasteiger partial charge in [-0.3, -0.25) is 4.40 Å². The standard InChI is InChI=1S/C17H13F3N4O/c18-17(19,20)12-9-15(23-5-7-25-8-6-23)24-14-4-2-1-3-13(14)22-16(24)11(12)10-21/h1-4,9H,5-8H2. The fraction of sp³-hybridized carbons (Fsp3) is 0.294. The fourth-order valence-corrected chi connectivity index (χ4v) is 3.17. The van der Waals surface area contributed by atoms with Crippen molar-refractivity contribution in [3.63, 3.8) is 0 Å². The number of fused-ring (bicyclic) bond motifs is 3. The molecule has 1 aliphatic heterocycles. The van der Waals surface area contributed by atoms with Gasteiger partial charge >= 0.3 is 6.18 Å². The van der Waals surface area contributed by atoms with Gasteiger partial charge in [0.15, 0.2) is 5.65 Å². The van der Waals surface area contributed by atoms with Crippen molar-refractivity contribution in [2.75, 3.05) is 31.2 Å². The highest BCUT2D eigenvalue weighted by Gasteiger charge is 2.37. The molecule has 0 unspecified atom stereocenters. The second-order valence-corrected chi connectivity index (χ2v) is 5.76. The summed E-state index contributed by atoms with van der Waals surface area (Å²) in [7, 11) is 0. The third kappa shape index (κ3) is 2.48. The molecule has 0 spiro atoms. The van der Waals surface area contributed by atoms with Gasteiger partial charge in [0.2, 0.25) is 0 Å². The molecule has 3 aromatic rings. The number of ether oxygens (including phenoxy) is 1. The number of nitrogens with zero attached hydrogens (tertiary/aromatic N) is 4. The molecule has 1 aromatic carbocycles. The van der Waals surface area contributed by atoms with E-state index in [0.717, 1.165) is 6.07 Å². The number of imidazole rings is 1. The first-order valence-corrected chi connectivity index (χ1v) is 7.75. The zero-order chi connectivity index (χ0) is 17.6. The highest BCUT2D eigenvalue weighted by atomic mass is 19.4. The Balaban J connectivity index is 2.12. The summed E-state index contributed by atoms with van der Waals surface area (Å²) in [5.41, 5.74) is -0.169. The van der Waals surface area contributed by atoms with Crippen molar-refractivity contribution in [2.24, 2.45) is 0 Å². The number of halogens is 3. The summed E-state index contributed by atoms with van der Waals surface area (Å²) < 4.78 is 47.5. The van der Waals surface area contributed by atoms with Crippen LogP contribution in [-0.4, -0.2) is 35.7 Å². The number of pyridine rings is 1. The van der Waals surface area contributed by atoms with Crippen molar-refractivity contribution in [1.82, 2.24) is 9.38 Å². The first-order chi connectivity index (χ1) is 12.0. The average Bonchev–Trinajstić information content (AvgIpc) is 3.00. The molecule has 0 atom stereocenters. The molecule has 0 N–H and O–H groups in total. The van der Waals surface area contributed by atoms with Crippen LogP contribution < -0.4 is 4.90 Å². The van der Waals surface area contributed by atoms with Gasteiger partial charge in [0.25, 0.3) is 0 Å². The second-order valence-electron chi connectivity index (χ2n) is 5.76. The smallest absolute Gasteiger partial charge is 0.378 e. The Kier molecular flexibility index (Phi) is 3.54. The quantitative estimate of drug-likeness (QED) is 0.679. The number of benzene rings is 1. The molecule has 1 saturated heterocycles. The van der Waals surface area contributed by atoms with Crippen molar-refractivity contribution in [3.8, 4) is 6.07 Å². The predicted molar refractivity (Wildman–Crippen MR) is 85.4 cm³/mol. The normalized spacial score (nSPS) is 15.7. The molecule has 0 radical (unpaired) electrons. The second kappa shape index (κ2) is 5.63. The summed E-state index contributed by atoms with van der Waals surface area (Å²) in [4.78, 5) is 6.13. The maximum absolute atomic E-state index is 13.5. The Bertz CT molecular complexity index is 997. The zero-order valence-corrected chi connectivity index (χ0v) is 13.0. The van der Waals surface area contributed by atoms with Crippen molar-refractivity contribution in [1.29, 1.82) is 5.26 Å². The average molecular weight is 346 g/mol. The van der Waals surface area contributed by atoms with Crippen LogP contribution in [0.15, 0.2) is 30.3 Å². The van der Waals surface area contributed by atoms with Gasteiger partial charge in [-0.25, -0.2) is 4.98 Å². The molecule has 0 aliphatic carbocycles. The Morgan fingerprint density at radius 2 is 1.88 bits per heavy atom. The number of morpholine rings is 1. The molecule has 0 saturated carbocycles. The number of nitriles is 1. The van der Waals surface area contributed by atoms with Gasteiger partial charge < -0.3 is 9.64 Å². The lowest BCUT2D eigenvalue weighted by molar-refractivity contribution is -0.137. The highest BCUT2D eigenvalue weighted by molar-refractivity contribution is 5.85. The lowest BCUT2D eigenvalue weighted by Crippen LogP contribution is -2.37. The largest absolute Gasteiger partial charge is 0.417 e. The van der Waals surface area contributed by atoms with E-state index in [-0.39, 0.29) is 5.65 Å². The number of alkyl halides is 3. The van der Waals surface area contributed by atoms with Crippen LogP contribution in [0.25, 0.3) is 16.7 Å². The van der Waals surface area contributed by atoms with E-state index < -0.39 is 17.3 Å². The van der Waals surface area contributed by atoms with Crippen LogP contribution in [0.3, 0.4) is 0 Å². The molecule has 0 bridgehead atoms. The maximum atomic E-state index is 13.5. The lowest BCUT2D eigenvalue weighted by atomic mass is 10.1. The number of aromatic nitrogens is 2. The molecule has 0 amide bonds. The van der Waals surface area contributed by atoms with Gasteiger partial charge in [-0.15, -0.1) is 0 Å². The van der Waals surface area contributed by atoms with Crippen LogP contribution >= 0.6 is 0 Å². The van der Waals surface area contributed by atoms with E-state index in [4.69, 9.17) is 4.74 Å². The minimum absolute atomic E-state index is 0.0278. The topological polar surface area (TPSA) is 53.6 Å². The van der Waals surface area contributed by atoms with E-state index in [2.05, 4.69) is 4.98 Å². The van der Waals surface area contributed by atoms with Crippen LogP contribution in [0.1, 0.15) is 11.1 Å². The Morgan fingerprint density at radius 3 is 2.56 bits per heavy atom. The SMILES string of the molecule is N#Cc1c(C(F)(F)F)cc(N2CCOCC2)n2c1nc1ccccc12. The minimum atomic E-state index is -4.63. The van der Waals surface area contributed by atoms with E-state index in [0.29, 0.717) is 43.2 Å². The van der Waals surface area contributed by atoms with Gasteiger partial charge in [0.05, 0.1) is 29.8 Å². The predicted octanol–water partition coefficient (Wildman–Crippen LogP) is 3.21. The van der Waals surface area contributed by atoms with Crippen molar-refractivity contribution in [2.45, 2.75) is 6.18 Å². The first-order valence-electron chi connectivity index (χ1n) is 7.75. The van der Waals surface area contributed by atoms with Gasteiger partial charge in [-0.2, -0.15) is 18.4 Å². The summed E-state index contributed by atoms with van der Waals surface area (Å²) in [6, 6.07) is 9.80. The molecule has 1 aliphatic rings. The molecule has 4 rings (SSSR count). The molecular weight excluding hydrogens is 333 g/mol. The van der Waals surface area contributed by atoms with Crippen LogP contribution in [0.4, 0.5) is 19.0 Å². The zero-order valence-electron chi connectivity index (χ0n) is 13.0. The molecular formula is C17H13F3N4O.